The number of fused-ring (bicyclic) bond motifs is 1. The number of furan rings is 1. The zero-order valence-electron chi connectivity index (χ0n) is 20.0. The van der Waals surface area contributed by atoms with Gasteiger partial charge in [-0.15, -0.1) is 5.10 Å². The van der Waals surface area contributed by atoms with Crippen LogP contribution in [0.15, 0.2) is 95.6 Å². The van der Waals surface area contributed by atoms with Gasteiger partial charge < -0.3 is 14.6 Å². The number of benzene rings is 3. The first-order valence-electron chi connectivity index (χ1n) is 11.7. The van der Waals surface area contributed by atoms with Gasteiger partial charge in [0.1, 0.15) is 29.7 Å². The van der Waals surface area contributed by atoms with Crippen LogP contribution in [0, 0.1) is 12.7 Å². The Kier molecular flexibility index (Phi) is 6.76. The molecule has 0 spiro atoms. The molecule has 2 aromatic heterocycles. The number of amides is 2. The van der Waals surface area contributed by atoms with Crippen molar-refractivity contribution < 1.29 is 18.4 Å². The third-order valence-corrected chi connectivity index (χ3v) is 6.00. The van der Waals surface area contributed by atoms with Crippen LogP contribution in [0.25, 0.3) is 11.0 Å². The molecule has 5 aromatic rings. The lowest BCUT2D eigenvalue weighted by Crippen LogP contribution is -2.42. The van der Waals surface area contributed by atoms with Gasteiger partial charge in [-0.2, -0.15) is 0 Å². The third-order valence-electron chi connectivity index (χ3n) is 6.00. The van der Waals surface area contributed by atoms with Crippen LogP contribution < -0.4 is 5.32 Å². The van der Waals surface area contributed by atoms with E-state index in [1.807, 2.05) is 55.5 Å². The molecular weight excluding hydrogens is 473 g/mol. The highest BCUT2D eigenvalue weighted by Crippen LogP contribution is 2.27. The molecule has 0 aliphatic rings. The molecule has 0 aliphatic carbocycles. The minimum Gasteiger partial charge on any atom is -0.467 e. The average molecular weight is 498 g/mol. The van der Waals surface area contributed by atoms with Crippen LogP contribution in [0.1, 0.15) is 22.9 Å². The largest absolute Gasteiger partial charge is 0.467 e. The number of anilines is 1. The van der Waals surface area contributed by atoms with Crippen molar-refractivity contribution in [3.05, 3.63) is 114 Å². The molecular formula is C28H24FN5O3. The second kappa shape index (κ2) is 10.4. The molecule has 2 heterocycles. The lowest BCUT2D eigenvalue weighted by Gasteiger charge is -2.31. The molecule has 9 heteroatoms. The zero-order chi connectivity index (χ0) is 25.8. The van der Waals surface area contributed by atoms with Crippen molar-refractivity contribution in [3.63, 3.8) is 0 Å². The number of rotatable bonds is 8. The predicted octanol–water partition coefficient (Wildman–Crippen LogP) is 4.88. The summed E-state index contributed by atoms with van der Waals surface area (Å²) in [6.07, 6.45) is 1.52. The van der Waals surface area contributed by atoms with E-state index in [-0.39, 0.29) is 19.0 Å². The van der Waals surface area contributed by atoms with Gasteiger partial charge in [0.2, 0.25) is 5.91 Å². The fourth-order valence-electron chi connectivity index (χ4n) is 4.11. The quantitative estimate of drug-likeness (QED) is 0.330. The molecule has 8 nitrogen and oxygen atoms in total. The van der Waals surface area contributed by atoms with Crippen LogP contribution in [0.3, 0.4) is 0 Å². The number of hydrogen-bond donors (Lipinski definition) is 1. The van der Waals surface area contributed by atoms with Gasteiger partial charge in [0.05, 0.1) is 18.3 Å². The minimum absolute atomic E-state index is 0.0494. The molecule has 37 heavy (non-hydrogen) atoms. The molecule has 0 saturated heterocycles. The second-order valence-corrected chi connectivity index (χ2v) is 8.65. The number of aromatic nitrogens is 3. The van der Waals surface area contributed by atoms with Crippen molar-refractivity contribution in [1.82, 2.24) is 19.9 Å². The summed E-state index contributed by atoms with van der Waals surface area (Å²) in [7, 11) is 0. The third kappa shape index (κ3) is 5.40. The summed E-state index contributed by atoms with van der Waals surface area (Å²) in [6.45, 7) is 1.86. The number of carbonyl (C=O) groups excluding carboxylic acids is 2. The minimum atomic E-state index is -1.00. The van der Waals surface area contributed by atoms with Gasteiger partial charge >= 0.3 is 0 Å². The van der Waals surface area contributed by atoms with Crippen molar-refractivity contribution in [3.8, 4) is 0 Å². The highest BCUT2D eigenvalue weighted by molar-refractivity contribution is 5.98. The number of aryl methyl sites for hydroxylation is 1. The Labute approximate surface area is 212 Å². The molecule has 2 amide bonds. The van der Waals surface area contributed by atoms with E-state index in [1.54, 1.807) is 12.1 Å². The molecule has 0 saturated carbocycles. The zero-order valence-corrected chi connectivity index (χ0v) is 20.0. The van der Waals surface area contributed by atoms with Gasteiger partial charge in [-0.1, -0.05) is 47.2 Å². The first-order chi connectivity index (χ1) is 18.0. The fourth-order valence-corrected chi connectivity index (χ4v) is 4.11. The van der Waals surface area contributed by atoms with Crippen LogP contribution in [-0.2, 0) is 22.7 Å². The molecule has 186 valence electrons. The van der Waals surface area contributed by atoms with E-state index in [0.717, 1.165) is 5.56 Å². The Morgan fingerprint density at radius 2 is 1.76 bits per heavy atom. The summed E-state index contributed by atoms with van der Waals surface area (Å²) >= 11 is 0. The van der Waals surface area contributed by atoms with E-state index >= 15 is 0 Å². The summed E-state index contributed by atoms with van der Waals surface area (Å²) in [4.78, 5) is 29.0. The fraction of sp³-hybridized carbons (Fsp3) is 0.143. The molecule has 1 atom stereocenters. The Balaban J connectivity index is 1.52. The van der Waals surface area contributed by atoms with Crippen molar-refractivity contribution >= 4 is 28.5 Å². The summed E-state index contributed by atoms with van der Waals surface area (Å²) in [6, 6.07) is 22.7. The Morgan fingerprint density at radius 1 is 1.00 bits per heavy atom. The summed E-state index contributed by atoms with van der Waals surface area (Å²) in [5.74, 6) is -0.697. The maximum atomic E-state index is 13.8. The van der Waals surface area contributed by atoms with Crippen molar-refractivity contribution in [1.29, 1.82) is 0 Å². The number of nitrogens with one attached hydrogen (secondary N) is 1. The maximum Gasteiger partial charge on any atom is 0.251 e. The highest BCUT2D eigenvalue weighted by atomic mass is 19.1. The standard InChI is InChI=1S/C28H24FN5O3/c1-19-8-10-20(11-9-19)27(28(36)30-22-14-12-21(29)13-15-22)33(17-23-5-4-16-37-23)26(35)18-34-25-7-3-2-6-24(25)31-32-34/h2-16,27H,17-18H2,1H3,(H,30,36)/t27-/m1/s1. The van der Waals surface area contributed by atoms with Crippen LogP contribution >= 0.6 is 0 Å². The van der Waals surface area contributed by atoms with E-state index < -0.39 is 17.8 Å². The van der Waals surface area contributed by atoms with Gasteiger partial charge in [0.15, 0.2) is 0 Å². The molecule has 0 bridgehead atoms. The van der Waals surface area contributed by atoms with Gasteiger partial charge in [-0.05, 0) is 61.0 Å². The number of nitrogens with zero attached hydrogens (tertiary/aromatic N) is 4. The Bertz CT molecular complexity index is 1510. The number of hydrogen-bond acceptors (Lipinski definition) is 5. The summed E-state index contributed by atoms with van der Waals surface area (Å²) < 4.78 is 20.5. The van der Waals surface area contributed by atoms with E-state index in [2.05, 4.69) is 15.6 Å². The molecule has 0 aliphatic heterocycles. The normalized spacial score (nSPS) is 11.8. The highest BCUT2D eigenvalue weighted by Gasteiger charge is 2.33. The van der Waals surface area contributed by atoms with Crippen molar-refractivity contribution in [2.45, 2.75) is 26.1 Å². The smallest absolute Gasteiger partial charge is 0.251 e. The molecule has 0 radical (unpaired) electrons. The van der Waals surface area contributed by atoms with Gasteiger partial charge in [-0.25, -0.2) is 9.07 Å². The monoisotopic (exact) mass is 497 g/mol. The lowest BCUT2D eigenvalue weighted by atomic mass is 10.0. The average Bonchev–Trinajstić information content (AvgIpc) is 3.56. The second-order valence-electron chi connectivity index (χ2n) is 8.65. The summed E-state index contributed by atoms with van der Waals surface area (Å²) in [5.41, 5.74) is 3.41. The lowest BCUT2D eigenvalue weighted by molar-refractivity contribution is -0.140. The first kappa shape index (κ1) is 23.9. The topological polar surface area (TPSA) is 93.3 Å². The number of para-hydroxylation sites is 1. The molecule has 3 aromatic carbocycles. The maximum absolute atomic E-state index is 13.8. The van der Waals surface area contributed by atoms with E-state index in [1.165, 1.54) is 40.1 Å². The number of halogens is 1. The molecule has 1 N–H and O–H groups in total. The van der Waals surface area contributed by atoms with Crippen molar-refractivity contribution in [2.75, 3.05) is 5.32 Å². The van der Waals surface area contributed by atoms with Crippen LogP contribution in [0.2, 0.25) is 0 Å². The van der Waals surface area contributed by atoms with Crippen LogP contribution in [-0.4, -0.2) is 31.7 Å². The SMILES string of the molecule is Cc1ccc([C@H](C(=O)Nc2ccc(F)cc2)N(Cc2ccco2)C(=O)Cn2nnc3ccccc32)cc1. The molecule has 0 unspecified atom stereocenters. The van der Waals surface area contributed by atoms with Crippen LogP contribution in [0.5, 0.6) is 0 Å². The molecule has 0 fully saturated rings. The Hall–Kier alpha value is -4.79. The first-order valence-corrected chi connectivity index (χ1v) is 11.7. The Morgan fingerprint density at radius 3 is 2.49 bits per heavy atom. The van der Waals surface area contributed by atoms with E-state index in [0.29, 0.717) is 28.0 Å². The van der Waals surface area contributed by atoms with E-state index in [9.17, 15) is 14.0 Å². The predicted molar refractivity (Wildman–Crippen MR) is 136 cm³/mol. The van der Waals surface area contributed by atoms with Gasteiger partial charge in [0, 0.05) is 5.69 Å². The molecule has 5 rings (SSSR count). The van der Waals surface area contributed by atoms with E-state index in [4.69, 9.17) is 4.42 Å². The summed E-state index contributed by atoms with van der Waals surface area (Å²) in [5, 5.41) is 11.1. The van der Waals surface area contributed by atoms with Crippen LogP contribution in [0.4, 0.5) is 10.1 Å². The van der Waals surface area contributed by atoms with Gasteiger partial charge in [0.25, 0.3) is 5.91 Å². The van der Waals surface area contributed by atoms with Crippen molar-refractivity contribution in [2.24, 2.45) is 0 Å². The van der Waals surface area contributed by atoms with Gasteiger partial charge in [-0.3, -0.25) is 9.59 Å². The number of carbonyl (C=O) groups is 2.